The molecule has 0 unspecified atom stereocenters. The average Bonchev–Trinajstić information content (AvgIpc) is 1.64. The Labute approximate surface area is 545 Å². The molecular weight excluding hydrogens is 1180 g/mol. The maximum absolute atomic E-state index is 11.3. The lowest BCUT2D eigenvalue weighted by molar-refractivity contribution is -0.141. The van der Waals surface area contributed by atoms with E-state index in [2.05, 4.69) is 95.3 Å². The van der Waals surface area contributed by atoms with Crippen LogP contribution < -0.4 is 4.90 Å². The molecular formula is C76H73N9O9. The predicted molar refractivity (Wildman–Crippen MR) is 373 cm³/mol. The van der Waals surface area contributed by atoms with Crippen LogP contribution in [0, 0.1) is 6.92 Å². The zero-order valence-electron chi connectivity index (χ0n) is 54.5. The van der Waals surface area contributed by atoms with Crippen LogP contribution in [0.2, 0.25) is 0 Å². The molecule has 0 saturated heterocycles. The fraction of sp³-hybridized carbons (Fsp3) is 0.158. The van der Waals surface area contributed by atoms with Crippen molar-refractivity contribution in [2.75, 3.05) is 19.0 Å². The average molecular weight is 1260 g/mol. The molecule has 0 saturated carbocycles. The highest BCUT2D eigenvalue weighted by atomic mass is 16.7. The molecule has 0 aliphatic carbocycles. The first-order valence-corrected chi connectivity index (χ1v) is 30.1. The van der Waals surface area contributed by atoms with Crippen molar-refractivity contribution in [1.29, 1.82) is 0 Å². The molecule has 0 radical (unpaired) electrons. The molecule has 18 heteroatoms. The van der Waals surface area contributed by atoms with Gasteiger partial charge in [-0.05, 0) is 79.6 Å². The normalized spacial score (nSPS) is 11.7. The third-order valence-electron chi connectivity index (χ3n) is 15.3. The number of aryl methyl sites for hydroxylation is 4. The van der Waals surface area contributed by atoms with Crippen LogP contribution >= 0.6 is 0 Å². The molecule has 0 bridgehead atoms. The standard InChI is InChI=1S/C20H21N3O2.2C19H18N2O2.C18H16N2O3/c1-14(24)25-21-20(15-8-6-5-7-9-15)18-13-23(4)19-11-10-16(22(2)3)12-17(18)19;1-13-18(16-11-7-8-12-17(16)21(13)3)19(20-23-14(2)22)15-9-5-4-6-10-15;1-13(20-23-14(2)22)18-12-21(3)19-10-9-16(11-17(18)19)15-7-5-4-6-8-15;1-12(21)23-19-18(13-6-4-3-5-7-13)16-11-20(2)17-9-8-14(22)10-15(16)17/h5-13H,1-4H3;2*4-12H,1-3H3;3-11,22H,1-2H3/b21-20+;20-19+;20-13+;19-18+. The zero-order chi connectivity index (χ0) is 67.2. The van der Waals surface area contributed by atoms with E-state index in [1.165, 1.54) is 33.3 Å². The first-order valence-electron chi connectivity index (χ1n) is 30.1. The molecule has 12 aromatic rings. The molecule has 94 heavy (non-hydrogen) atoms. The summed E-state index contributed by atoms with van der Waals surface area (Å²) < 4.78 is 8.16. The molecule has 4 aromatic heterocycles. The number of carbonyl (C=O) groups excluding carboxylic acids is 4. The summed E-state index contributed by atoms with van der Waals surface area (Å²) in [5.74, 6) is -1.61. The van der Waals surface area contributed by atoms with Gasteiger partial charge in [0.1, 0.15) is 22.9 Å². The van der Waals surface area contributed by atoms with Gasteiger partial charge in [0, 0.05) is 183 Å². The molecule has 0 fully saturated rings. The Bertz CT molecular complexity index is 4840. The van der Waals surface area contributed by atoms with Gasteiger partial charge in [-0.3, -0.25) is 0 Å². The van der Waals surface area contributed by atoms with Gasteiger partial charge in [-0.25, -0.2) is 19.2 Å². The first kappa shape index (κ1) is 66.5. The molecule has 8 aromatic carbocycles. The monoisotopic (exact) mass is 1260 g/mol. The van der Waals surface area contributed by atoms with Gasteiger partial charge in [-0.2, -0.15) is 0 Å². The number of anilines is 1. The SMILES string of the molecule is CC(=O)O/N=C(\C)c1cn(C)c2ccc(-c3ccccc3)cc12.CC(=O)O/N=C(\c1ccccc1)c1c(C)n(C)c2ccccc12.CC(=O)O/N=C(\c1ccccc1)c1cn(C)c2ccc(N(C)C)cc12.CC(=O)O/N=C(\c1ccccc1)c1cn(C)c2ccc(O)cc12. The molecule has 0 aliphatic rings. The molecule has 18 nitrogen and oxygen atoms in total. The number of phenolic OH excluding ortho intramolecular Hbond substituents is 1. The quantitative estimate of drug-likeness (QED) is 0.0658. The van der Waals surface area contributed by atoms with Crippen LogP contribution in [0.25, 0.3) is 54.7 Å². The van der Waals surface area contributed by atoms with Gasteiger partial charge in [0.15, 0.2) is 0 Å². The van der Waals surface area contributed by atoms with Gasteiger partial charge in [-0.1, -0.05) is 166 Å². The largest absolute Gasteiger partial charge is 0.508 e. The number of phenols is 1. The number of carbonyl (C=O) groups is 4. The number of oxime groups is 4. The van der Waals surface area contributed by atoms with Gasteiger partial charge >= 0.3 is 23.9 Å². The molecule has 12 rings (SSSR count). The molecule has 0 spiro atoms. The number of aromatic nitrogens is 4. The van der Waals surface area contributed by atoms with Gasteiger partial charge < -0.3 is 47.6 Å². The topological polar surface area (TPSA) is 198 Å². The smallest absolute Gasteiger partial charge is 0.332 e. The molecule has 0 aliphatic heterocycles. The van der Waals surface area contributed by atoms with Crippen LogP contribution in [0.4, 0.5) is 5.69 Å². The van der Waals surface area contributed by atoms with E-state index < -0.39 is 23.9 Å². The number of fused-ring (bicyclic) bond motifs is 4. The Balaban J connectivity index is 0.000000148. The Hall–Kier alpha value is -11.9. The van der Waals surface area contributed by atoms with Crippen molar-refractivity contribution in [3.8, 4) is 16.9 Å². The number of hydrogen-bond acceptors (Lipinski definition) is 14. The van der Waals surface area contributed by atoms with E-state index in [0.29, 0.717) is 22.8 Å². The summed E-state index contributed by atoms with van der Waals surface area (Å²) in [6.45, 7) is 9.23. The number of nitrogens with zero attached hydrogens (tertiary/aromatic N) is 9. The number of hydrogen-bond donors (Lipinski definition) is 1. The van der Waals surface area contributed by atoms with Crippen molar-refractivity contribution in [2.45, 2.75) is 41.5 Å². The highest BCUT2D eigenvalue weighted by Crippen LogP contribution is 2.32. The Kier molecular flexibility index (Phi) is 21.4. The maximum atomic E-state index is 11.3. The highest BCUT2D eigenvalue weighted by molar-refractivity contribution is 6.22. The van der Waals surface area contributed by atoms with Crippen LogP contribution in [-0.4, -0.2) is 84.2 Å². The summed E-state index contributed by atoms with van der Waals surface area (Å²) in [7, 11) is 11.9. The van der Waals surface area contributed by atoms with Gasteiger partial charge in [0.2, 0.25) is 0 Å². The van der Waals surface area contributed by atoms with E-state index in [1.807, 2.05) is 211 Å². The maximum Gasteiger partial charge on any atom is 0.332 e. The fourth-order valence-electron chi connectivity index (χ4n) is 10.8. The molecule has 476 valence electrons. The minimum atomic E-state index is -0.485. The third kappa shape index (κ3) is 15.8. The third-order valence-corrected chi connectivity index (χ3v) is 15.3. The van der Waals surface area contributed by atoms with E-state index in [4.69, 9.17) is 19.4 Å². The van der Waals surface area contributed by atoms with Crippen molar-refractivity contribution >= 4 is 96.0 Å². The van der Waals surface area contributed by atoms with Gasteiger partial charge in [-0.15, -0.1) is 0 Å². The highest BCUT2D eigenvalue weighted by Gasteiger charge is 2.21. The van der Waals surface area contributed by atoms with Crippen molar-refractivity contribution in [2.24, 2.45) is 48.8 Å². The zero-order valence-corrected chi connectivity index (χ0v) is 54.5. The molecule has 0 amide bonds. The number of para-hydroxylation sites is 1. The van der Waals surface area contributed by atoms with E-state index in [-0.39, 0.29) is 5.75 Å². The van der Waals surface area contributed by atoms with Crippen LogP contribution in [0.15, 0.2) is 239 Å². The summed E-state index contributed by atoms with van der Waals surface area (Å²) >= 11 is 0. The summed E-state index contributed by atoms with van der Waals surface area (Å²) in [6.07, 6.45) is 5.92. The second kappa shape index (κ2) is 30.3. The lowest BCUT2D eigenvalue weighted by atomic mass is 10.00. The van der Waals surface area contributed by atoms with E-state index in [0.717, 1.165) is 99.5 Å². The second-order valence-corrected chi connectivity index (χ2v) is 22.3. The Morgan fingerprint density at radius 2 is 0.787 bits per heavy atom. The van der Waals surface area contributed by atoms with Crippen LogP contribution in [0.1, 0.15) is 79.3 Å². The van der Waals surface area contributed by atoms with E-state index in [9.17, 15) is 24.3 Å². The number of rotatable bonds is 13. The van der Waals surface area contributed by atoms with Gasteiger partial charge in [0.05, 0.1) is 5.71 Å². The van der Waals surface area contributed by atoms with Crippen molar-refractivity contribution in [1.82, 2.24) is 18.3 Å². The molecule has 4 heterocycles. The molecule has 1 N–H and O–H groups in total. The minimum Gasteiger partial charge on any atom is -0.508 e. The summed E-state index contributed by atoms with van der Waals surface area (Å²) in [5, 5.41) is 30.1. The fourth-order valence-corrected chi connectivity index (χ4v) is 10.8. The Morgan fingerprint density at radius 1 is 0.394 bits per heavy atom. The van der Waals surface area contributed by atoms with Crippen molar-refractivity contribution < 1.29 is 43.6 Å². The van der Waals surface area contributed by atoms with Crippen LogP contribution in [0.5, 0.6) is 5.75 Å². The summed E-state index contributed by atoms with van der Waals surface area (Å²) in [4.78, 5) is 66.3. The lowest BCUT2D eigenvalue weighted by Gasteiger charge is -2.13. The Morgan fingerprint density at radius 3 is 1.28 bits per heavy atom. The predicted octanol–water partition coefficient (Wildman–Crippen LogP) is 14.7. The number of benzene rings is 8. The van der Waals surface area contributed by atoms with Crippen LogP contribution in [-0.2, 0) is 66.7 Å². The van der Waals surface area contributed by atoms with Crippen LogP contribution in [0.3, 0.4) is 0 Å². The number of aromatic hydroxyl groups is 1. The van der Waals surface area contributed by atoms with Gasteiger partial charge in [0.25, 0.3) is 0 Å². The summed E-state index contributed by atoms with van der Waals surface area (Å²) in [6, 6.07) is 65.1. The first-order chi connectivity index (χ1) is 45.2. The van der Waals surface area contributed by atoms with Crippen molar-refractivity contribution in [3.63, 3.8) is 0 Å². The van der Waals surface area contributed by atoms with E-state index >= 15 is 0 Å². The summed E-state index contributed by atoms with van der Waals surface area (Å²) in [5.41, 5.74) is 17.5. The lowest BCUT2D eigenvalue weighted by Crippen LogP contribution is -2.09. The second-order valence-electron chi connectivity index (χ2n) is 22.3. The van der Waals surface area contributed by atoms with Crippen molar-refractivity contribution in [3.05, 3.63) is 263 Å². The minimum absolute atomic E-state index is 0.171. The molecule has 0 atom stereocenters. The van der Waals surface area contributed by atoms with E-state index in [1.54, 1.807) is 12.1 Å².